The SMILES string of the molecule is Fc1ccc(-c2cnc(OCC(F)F)cn2)c(Cl)c1. The summed E-state index contributed by atoms with van der Waals surface area (Å²) < 4.78 is 41.4. The van der Waals surface area contributed by atoms with Gasteiger partial charge in [0.05, 0.1) is 23.1 Å². The van der Waals surface area contributed by atoms with E-state index in [1.165, 1.54) is 24.5 Å². The van der Waals surface area contributed by atoms with Crippen molar-refractivity contribution in [3.8, 4) is 17.1 Å². The molecule has 0 fully saturated rings. The maximum absolute atomic E-state index is 12.9. The number of halogens is 4. The molecule has 0 atom stereocenters. The third-order valence-corrected chi connectivity index (χ3v) is 2.51. The predicted octanol–water partition coefficient (Wildman–Crippen LogP) is 3.58. The molecule has 0 bridgehead atoms. The van der Waals surface area contributed by atoms with E-state index in [9.17, 15) is 13.2 Å². The summed E-state index contributed by atoms with van der Waals surface area (Å²) in [7, 11) is 0. The van der Waals surface area contributed by atoms with Crippen LogP contribution in [0.3, 0.4) is 0 Å². The van der Waals surface area contributed by atoms with E-state index in [1.54, 1.807) is 0 Å². The molecule has 2 aromatic rings. The minimum absolute atomic E-state index is 0.0118. The van der Waals surface area contributed by atoms with E-state index in [2.05, 4.69) is 9.97 Å². The number of rotatable bonds is 4. The van der Waals surface area contributed by atoms with E-state index in [0.717, 1.165) is 6.07 Å². The Morgan fingerprint density at radius 1 is 1.21 bits per heavy atom. The molecule has 0 N–H and O–H groups in total. The second kappa shape index (κ2) is 5.88. The van der Waals surface area contributed by atoms with Crippen LogP contribution >= 0.6 is 11.6 Å². The number of nitrogens with zero attached hydrogens (tertiary/aromatic N) is 2. The Morgan fingerprint density at radius 2 is 2.00 bits per heavy atom. The average Bonchev–Trinajstić information content (AvgIpc) is 2.37. The fourth-order valence-corrected chi connectivity index (χ4v) is 1.64. The second-order valence-corrected chi connectivity index (χ2v) is 3.97. The van der Waals surface area contributed by atoms with Crippen LogP contribution in [0.5, 0.6) is 5.88 Å². The van der Waals surface area contributed by atoms with Gasteiger partial charge in [-0.1, -0.05) is 11.6 Å². The number of ether oxygens (including phenoxy) is 1. The zero-order valence-corrected chi connectivity index (χ0v) is 10.2. The molecule has 0 unspecified atom stereocenters. The summed E-state index contributed by atoms with van der Waals surface area (Å²) in [4.78, 5) is 7.80. The van der Waals surface area contributed by atoms with Gasteiger partial charge in [-0.25, -0.2) is 23.1 Å². The first-order valence-corrected chi connectivity index (χ1v) is 5.62. The van der Waals surface area contributed by atoms with Crippen LogP contribution in [0.1, 0.15) is 0 Å². The van der Waals surface area contributed by atoms with Gasteiger partial charge in [-0.3, -0.25) is 0 Å². The molecule has 0 spiro atoms. The molecule has 1 heterocycles. The van der Waals surface area contributed by atoms with Gasteiger partial charge in [-0.2, -0.15) is 0 Å². The lowest BCUT2D eigenvalue weighted by Gasteiger charge is -2.06. The lowest BCUT2D eigenvalue weighted by molar-refractivity contribution is 0.0794. The van der Waals surface area contributed by atoms with Crippen LogP contribution in [-0.2, 0) is 0 Å². The first kappa shape index (κ1) is 13.6. The maximum atomic E-state index is 12.9. The minimum Gasteiger partial charge on any atom is -0.470 e. The van der Waals surface area contributed by atoms with Crippen molar-refractivity contribution in [2.45, 2.75) is 6.43 Å². The van der Waals surface area contributed by atoms with Crippen molar-refractivity contribution in [3.05, 3.63) is 41.4 Å². The molecule has 3 nitrogen and oxygen atoms in total. The molecule has 19 heavy (non-hydrogen) atoms. The molecule has 0 saturated heterocycles. The summed E-state index contributed by atoms with van der Waals surface area (Å²) in [5.41, 5.74) is 0.894. The molecule has 1 aromatic carbocycles. The van der Waals surface area contributed by atoms with Crippen LogP contribution in [0.4, 0.5) is 13.2 Å². The van der Waals surface area contributed by atoms with Gasteiger partial charge in [-0.15, -0.1) is 0 Å². The van der Waals surface area contributed by atoms with Gasteiger partial charge in [0.15, 0.2) is 6.61 Å². The number of benzene rings is 1. The topological polar surface area (TPSA) is 35.0 Å². The fourth-order valence-electron chi connectivity index (χ4n) is 1.38. The van der Waals surface area contributed by atoms with Gasteiger partial charge < -0.3 is 4.74 Å². The fraction of sp³-hybridized carbons (Fsp3) is 0.167. The monoisotopic (exact) mass is 288 g/mol. The van der Waals surface area contributed by atoms with Crippen LogP contribution < -0.4 is 4.74 Å². The highest BCUT2D eigenvalue weighted by molar-refractivity contribution is 6.33. The lowest BCUT2D eigenvalue weighted by Crippen LogP contribution is -2.08. The highest BCUT2D eigenvalue weighted by Gasteiger charge is 2.08. The van der Waals surface area contributed by atoms with E-state index < -0.39 is 18.8 Å². The summed E-state index contributed by atoms with van der Waals surface area (Å²) in [5.74, 6) is -0.471. The largest absolute Gasteiger partial charge is 0.470 e. The summed E-state index contributed by atoms with van der Waals surface area (Å²) >= 11 is 5.87. The maximum Gasteiger partial charge on any atom is 0.272 e. The quantitative estimate of drug-likeness (QED) is 0.862. The summed E-state index contributed by atoms with van der Waals surface area (Å²) in [6.07, 6.45) is -0.0508. The summed E-state index contributed by atoms with van der Waals surface area (Å²) in [6.45, 7) is -0.745. The summed E-state index contributed by atoms with van der Waals surface area (Å²) in [5, 5.41) is 0.190. The number of alkyl halides is 2. The van der Waals surface area contributed by atoms with Gasteiger partial charge in [0, 0.05) is 5.56 Å². The molecular formula is C12H8ClF3N2O. The molecule has 100 valence electrons. The first-order chi connectivity index (χ1) is 9.06. The summed E-state index contributed by atoms with van der Waals surface area (Å²) in [6, 6.07) is 3.85. The zero-order valence-electron chi connectivity index (χ0n) is 9.49. The van der Waals surface area contributed by atoms with E-state index >= 15 is 0 Å². The molecule has 0 radical (unpaired) electrons. The van der Waals surface area contributed by atoms with Crippen LogP contribution in [0, 0.1) is 5.82 Å². The van der Waals surface area contributed by atoms with Crippen LogP contribution in [0.25, 0.3) is 11.3 Å². The molecule has 2 rings (SSSR count). The van der Waals surface area contributed by atoms with Gasteiger partial charge in [0.25, 0.3) is 6.43 Å². The van der Waals surface area contributed by atoms with Gasteiger partial charge in [-0.05, 0) is 18.2 Å². The Kier molecular flexibility index (Phi) is 4.21. The molecule has 1 aromatic heterocycles. The average molecular weight is 289 g/mol. The predicted molar refractivity (Wildman–Crippen MR) is 63.9 cm³/mol. The third-order valence-electron chi connectivity index (χ3n) is 2.19. The van der Waals surface area contributed by atoms with Gasteiger partial charge >= 0.3 is 0 Å². The first-order valence-electron chi connectivity index (χ1n) is 5.24. The van der Waals surface area contributed by atoms with Gasteiger partial charge in [0.1, 0.15) is 5.82 Å². The molecule has 0 amide bonds. The minimum atomic E-state index is -2.58. The highest BCUT2D eigenvalue weighted by atomic mass is 35.5. The molecule has 0 saturated carbocycles. The number of aromatic nitrogens is 2. The van der Waals surface area contributed by atoms with E-state index in [0.29, 0.717) is 11.3 Å². The Balaban J connectivity index is 2.18. The normalized spacial score (nSPS) is 10.8. The smallest absolute Gasteiger partial charge is 0.272 e. The Morgan fingerprint density at radius 3 is 2.58 bits per heavy atom. The molecule has 0 aliphatic carbocycles. The van der Waals surface area contributed by atoms with E-state index in [-0.39, 0.29) is 10.9 Å². The van der Waals surface area contributed by atoms with Crippen molar-refractivity contribution >= 4 is 11.6 Å². The van der Waals surface area contributed by atoms with E-state index in [4.69, 9.17) is 16.3 Å². The van der Waals surface area contributed by atoms with Crippen LogP contribution in [0.15, 0.2) is 30.6 Å². The standard InChI is InChI=1S/C12H8ClF3N2O/c13-9-3-7(14)1-2-8(9)10-4-18-12(5-17-10)19-6-11(15)16/h1-5,11H,6H2. The van der Waals surface area contributed by atoms with E-state index in [1.807, 2.05) is 0 Å². The Hall–Kier alpha value is -1.82. The van der Waals surface area contributed by atoms with Crippen molar-refractivity contribution in [1.82, 2.24) is 9.97 Å². The van der Waals surface area contributed by atoms with Crippen molar-refractivity contribution in [2.24, 2.45) is 0 Å². The van der Waals surface area contributed by atoms with Crippen molar-refractivity contribution in [1.29, 1.82) is 0 Å². The Bertz CT molecular complexity index is 563. The lowest BCUT2D eigenvalue weighted by atomic mass is 10.1. The number of hydrogen-bond acceptors (Lipinski definition) is 3. The van der Waals surface area contributed by atoms with Crippen molar-refractivity contribution < 1.29 is 17.9 Å². The van der Waals surface area contributed by atoms with Crippen LogP contribution in [-0.4, -0.2) is 23.0 Å². The van der Waals surface area contributed by atoms with Crippen molar-refractivity contribution in [3.63, 3.8) is 0 Å². The molecular weight excluding hydrogens is 281 g/mol. The van der Waals surface area contributed by atoms with Crippen molar-refractivity contribution in [2.75, 3.05) is 6.61 Å². The molecule has 0 aliphatic heterocycles. The van der Waals surface area contributed by atoms with Crippen LogP contribution in [0.2, 0.25) is 5.02 Å². The zero-order chi connectivity index (χ0) is 13.8. The Labute approximate surface area is 112 Å². The third kappa shape index (κ3) is 3.57. The number of hydrogen-bond donors (Lipinski definition) is 0. The van der Waals surface area contributed by atoms with Gasteiger partial charge in [0.2, 0.25) is 5.88 Å². The second-order valence-electron chi connectivity index (χ2n) is 3.57. The highest BCUT2D eigenvalue weighted by Crippen LogP contribution is 2.26. The molecule has 0 aliphatic rings. The molecule has 7 heteroatoms.